The van der Waals surface area contributed by atoms with Gasteiger partial charge in [0.05, 0.1) is 28.6 Å². The molecule has 0 unspecified atom stereocenters. The van der Waals surface area contributed by atoms with Crippen LogP contribution in [0.15, 0.2) is 82.7 Å². The van der Waals surface area contributed by atoms with Crippen LogP contribution in [-0.4, -0.2) is 27.4 Å². The number of rotatable bonds is 10. The first-order valence-electron chi connectivity index (χ1n) is 14.3. The number of halogens is 2. The molecule has 0 radical (unpaired) electrons. The third-order valence-corrected chi connectivity index (χ3v) is 7.34. The minimum Gasteiger partial charge on any atom is -0.494 e. The van der Waals surface area contributed by atoms with Gasteiger partial charge in [-0.05, 0) is 78.9 Å². The van der Waals surface area contributed by atoms with E-state index in [1.807, 2.05) is 39.8 Å². The molecule has 0 fully saturated rings. The van der Waals surface area contributed by atoms with Crippen molar-refractivity contribution in [3.8, 4) is 22.9 Å². The normalized spacial score (nSPS) is 11.4. The van der Waals surface area contributed by atoms with Crippen molar-refractivity contribution in [3.05, 3.63) is 126 Å². The number of hydrogen-bond donors (Lipinski definition) is 0. The maximum absolute atomic E-state index is 13.9. The van der Waals surface area contributed by atoms with Gasteiger partial charge in [-0.25, -0.2) is 9.37 Å². The van der Waals surface area contributed by atoms with Gasteiger partial charge in [0.25, 0.3) is 5.56 Å². The molecular formula is C34H30ClFN4O5. The molecular weight excluding hydrogens is 599 g/mol. The zero-order valence-corrected chi connectivity index (χ0v) is 25.8. The van der Waals surface area contributed by atoms with E-state index in [1.165, 1.54) is 30.5 Å². The van der Waals surface area contributed by atoms with E-state index in [1.54, 1.807) is 30.3 Å². The van der Waals surface area contributed by atoms with Crippen molar-refractivity contribution in [2.75, 3.05) is 6.61 Å². The van der Waals surface area contributed by atoms with E-state index in [-0.39, 0.29) is 34.7 Å². The number of nitro benzene ring substituents is 1. The summed E-state index contributed by atoms with van der Waals surface area (Å²) in [6, 6.07) is 19.1. The Bertz CT molecular complexity index is 2010. The molecule has 0 aliphatic heterocycles. The van der Waals surface area contributed by atoms with E-state index in [2.05, 4.69) is 5.10 Å². The van der Waals surface area contributed by atoms with Gasteiger partial charge in [-0.1, -0.05) is 49.7 Å². The minimum absolute atomic E-state index is 0.0643. The lowest BCUT2D eigenvalue weighted by atomic mass is 9.96. The van der Waals surface area contributed by atoms with Gasteiger partial charge in [-0.3, -0.25) is 14.9 Å². The van der Waals surface area contributed by atoms with Crippen molar-refractivity contribution < 1.29 is 18.8 Å². The molecule has 45 heavy (non-hydrogen) atoms. The van der Waals surface area contributed by atoms with E-state index in [0.29, 0.717) is 28.6 Å². The Labute approximate surface area is 263 Å². The highest BCUT2D eigenvalue weighted by atomic mass is 35.5. The van der Waals surface area contributed by atoms with Gasteiger partial charge in [-0.2, -0.15) is 9.78 Å². The van der Waals surface area contributed by atoms with Crippen LogP contribution < -0.4 is 15.0 Å². The molecule has 5 rings (SSSR count). The predicted octanol–water partition coefficient (Wildman–Crippen LogP) is 8.06. The Morgan fingerprint density at radius 1 is 1.09 bits per heavy atom. The van der Waals surface area contributed by atoms with E-state index < -0.39 is 22.0 Å². The highest BCUT2D eigenvalue weighted by Crippen LogP contribution is 2.36. The minimum atomic E-state index is -0.629. The fraction of sp³-hybridized carbons (Fsp3) is 0.206. The Balaban J connectivity index is 1.70. The van der Waals surface area contributed by atoms with Crippen LogP contribution in [-0.2, 0) is 6.61 Å². The molecule has 4 aromatic carbocycles. The van der Waals surface area contributed by atoms with E-state index in [0.717, 1.165) is 27.6 Å². The lowest BCUT2D eigenvalue weighted by Crippen LogP contribution is -2.21. The fourth-order valence-corrected chi connectivity index (χ4v) is 5.19. The molecule has 0 atom stereocenters. The third kappa shape index (κ3) is 6.71. The number of aromatic nitrogens is 2. The summed E-state index contributed by atoms with van der Waals surface area (Å²) < 4.78 is 26.7. The van der Waals surface area contributed by atoms with Crippen LogP contribution in [0.5, 0.6) is 11.5 Å². The maximum atomic E-state index is 13.9. The number of nitrogens with zero attached hydrogens (tertiary/aromatic N) is 4. The highest BCUT2D eigenvalue weighted by molar-refractivity contribution is 6.31. The molecule has 0 saturated heterocycles. The van der Waals surface area contributed by atoms with E-state index in [4.69, 9.17) is 26.1 Å². The molecule has 230 valence electrons. The summed E-state index contributed by atoms with van der Waals surface area (Å²) in [5.74, 6) is 0.527. The summed E-state index contributed by atoms with van der Waals surface area (Å²) in [4.78, 5) is 30.1. The smallest absolute Gasteiger partial charge is 0.313 e. The van der Waals surface area contributed by atoms with Gasteiger partial charge in [0.2, 0.25) is 5.75 Å². The molecule has 1 heterocycles. The zero-order valence-electron chi connectivity index (χ0n) is 25.1. The maximum Gasteiger partial charge on any atom is 0.313 e. The summed E-state index contributed by atoms with van der Waals surface area (Å²) >= 11 is 6.27. The first-order chi connectivity index (χ1) is 21.6. The van der Waals surface area contributed by atoms with Crippen molar-refractivity contribution in [1.29, 1.82) is 0 Å². The van der Waals surface area contributed by atoms with Gasteiger partial charge < -0.3 is 9.47 Å². The SMILES string of the molecule is CCOc1cc(C)c(-c2nc3ccccc3c(=O)n2N=Cc2cc(Cl)cc([N+](=O)[O-])c2OCc2cccc(F)c2)cc1C(C)C. The number of aryl methyl sites for hydroxylation is 1. The largest absolute Gasteiger partial charge is 0.494 e. The van der Waals surface area contributed by atoms with Crippen LogP contribution in [0.1, 0.15) is 48.9 Å². The zero-order chi connectivity index (χ0) is 32.2. The van der Waals surface area contributed by atoms with Gasteiger partial charge in [0.15, 0.2) is 5.82 Å². The van der Waals surface area contributed by atoms with Crippen molar-refractivity contribution in [1.82, 2.24) is 9.66 Å². The summed E-state index contributed by atoms with van der Waals surface area (Å²) in [5.41, 5.74) is 2.66. The standard InChI is InChI=1S/C34H30ClFN4O5/c1-5-44-31-13-21(4)28(17-27(31)20(2)3)33-38-29-12-7-6-11-26(29)34(41)39(33)37-18-23-15-24(35)16-30(40(42)43)32(23)45-19-22-9-8-10-25(36)14-22/h6-18,20H,5,19H2,1-4H3. The number of fused-ring (bicyclic) bond motifs is 1. The van der Waals surface area contributed by atoms with Gasteiger partial charge in [0.1, 0.15) is 18.2 Å². The monoisotopic (exact) mass is 628 g/mol. The predicted molar refractivity (Wildman–Crippen MR) is 173 cm³/mol. The summed E-state index contributed by atoms with van der Waals surface area (Å²) in [7, 11) is 0. The molecule has 0 N–H and O–H groups in total. The molecule has 0 saturated carbocycles. The van der Waals surface area contributed by atoms with E-state index >= 15 is 0 Å². The molecule has 0 aliphatic rings. The Kier molecular flexibility index (Phi) is 9.24. The van der Waals surface area contributed by atoms with Crippen LogP contribution in [0.25, 0.3) is 22.3 Å². The second kappa shape index (κ2) is 13.3. The number of ether oxygens (including phenoxy) is 2. The Morgan fingerprint density at radius 2 is 1.87 bits per heavy atom. The summed E-state index contributed by atoms with van der Waals surface area (Å²) in [6.07, 6.45) is 1.27. The summed E-state index contributed by atoms with van der Waals surface area (Å²) in [6.45, 7) is 8.25. The molecule has 9 nitrogen and oxygen atoms in total. The van der Waals surface area contributed by atoms with Crippen LogP contribution in [0, 0.1) is 22.9 Å². The molecule has 0 bridgehead atoms. The molecule has 5 aromatic rings. The Morgan fingerprint density at radius 3 is 2.58 bits per heavy atom. The average Bonchev–Trinajstić information content (AvgIpc) is 3.00. The number of para-hydroxylation sites is 1. The highest BCUT2D eigenvalue weighted by Gasteiger charge is 2.22. The fourth-order valence-electron chi connectivity index (χ4n) is 4.97. The first-order valence-corrected chi connectivity index (χ1v) is 14.6. The lowest BCUT2D eigenvalue weighted by Gasteiger charge is -2.18. The van der Waals surface area contributed by atoms with Crippen molar-refractivity contribution in [3.63, 3.8) is 0 Å². The first kappa shape index (κ1) is 31.3. The van der Waals surface area contributed by atoms with Crippen LogP contribution in [0.2, 0.25) is 5.02 Å². The molecule has 11 heteroatoms. The molecule has 0 aliphatic carbocycles. The Hall–Kier alpha value is -5.09. The average molecular weight is 629 g/mol. The van der Waals surface area contributed by atoms with Crippen LogP contribution in [0.4, 0.5) is 10.1 Å². The van der Waals surface area contributed by atoms with Crippen molar-refractivity contribution in [2.45, 2.75) is 40.2 Å². The molecule has 0 amide bonds. The number of benzene rings is 4. The number of nitro groups is 1. The van der Waals surface area contributed by atoms with E-state index in [9.17, 15) is 19.3 Å². The summed E-state index contributed by atoms with van der Waals surface area (Å²) in [5, 5.41) is 16.9. The second-order valence-electron chi connectivity index (χ2n) is 10.6. The van der Waals surface area contributed by atoms with Gasteiger partial charge >= 0.3 is 5.69 Å². The third-order valence-electron chi connectivity index (χ3n) is 7.12. The van der Waals surface area contributed by atoms with Gasteiger partial charge in [0, 0.05) is 22.2 Å². The lowest BCUT2D eigenvalue weighted by molar-refractivity contribution is -0.385. The van der Waals surface area contributed by atoms with Crippen molar-refractivity contribution >= 4 is 34.4 Å². The topological polar surface area (TPSA) is 109 Å². The van der Waals surface area contributed by atoms with Crippen molar-refractivity contribution in [2.24, 2.45) is 5.10 Å². The second-order valence-corrected chi connectivity index (χ2v) is 11.1. The van der Waals surface area contributed by atoms with Crippen LogP contribution in [0.3, 0.4) is 0 Å². The van der Waals surface area contributed by atoms with Crippen LogP contribution >= 0.6 is 11.6 Å². The molecule has 0 spiro atoms. The molecule has 1 aromatic heterocycles. The number of hydrogen-bond acceptors (Lipinski definition) is 7. The quantitative estimate of drug-likeness (QED) is 0.0879. The van der Waals surface area contributed by atoms with Gasteiger partial charge in [-0.15, -0.1) is 0 Å².